The standard InChI is InChI=1S/C97H72N8O8/c1-95(2)61-97(81-55-93(112-89-47-23-43-85(77(89)59-100)108-73-39-19-35-69(51-73)104-65-29-13-7-14-30-65)91(53-79(81)95)110-87-45-21-41-83(75(87)57-98)106-71-37-17-33-67(49-71)102-63-25-9-5-10-26-63)62-96(3,4)80-54-92(111-88-46-22-42-84(76(88)58-99)107-72-38-18-34-68(50-72)103-64-27-11-6-12-28-64)94(56-82(80)97)113-90-48-24-44-86(78(90)60-101)109-74-40-20-36-70(52-74)105-66-31-15-8-16-32-66/h5-56,102-105H,61-62H2,1-4H3. The molecule has 16 nitrogen and oxygen atoms in total. The van der Waals surface area contributed by atoms with Gasteiger partial charge in [0, 0.05) is 75.2 Å². The summed E-state index contributed by atoms with van der Waals surface area (Å²) in [4.78, 5) is 0. The fraction of sp³-hybridized carbons (Fsp3) is 0.0928. The van der Waals surface area contributed by atoms with Gasteiger partial charge >= 0.3 is 0 Å². The lowest BCUT2D eigenvalue weighted by atomic mass is 9.72. The zero-order valence-electron chi connectivity index (χ0n) is 62.0. The number of nitrogens with one attached hydrogen (secondary N) is 4. The number of hydrogen-bond acceptors (Lipinski definition) is 16. The zero-order valence-corrected chi connectivity index (χ0v) is 62.0. The third-order valence-electron chi connectivity index (χ3n) is 19.9. The van der Waals surface area contributed by atoms with Crippen LogP contribution in [0.2, 0.25) is 0 Å². The third-order valence-corrected chi connectivity index (χ3v) is 19.9. The van der Waals surface area contributed by atoms with Gasteiger partial charge in [0.25, 0.3) is 0 Å². The Hall–Kier alpha value is -15.4. The Kier molecular flexibility index (Phi) is 19.8. The van der Waals surface area contributed by atoms with Crippen LogP contribution in [-0.2, 0) is 16.2 Å². The van der Waals surface area contributed by atoms with Crippen LogP contribution in [0.1, 0.15) is 85.0 Å². The first-order valence-corrected chi connectivity index (χ1v) is 36.8. The second kappa shape index (κ2) is 31.1. The number of nitriles is 4. The minimum absolute atomic E-state index is 0.107. The smallest absolute Gasteiger partial charge is 0.170 e. The summed E-state index contributed by atoms with van der Waals surface area (Å²) in [5.41, 5.74) is 8.80. The van der Waals surface area contributed by atoms with Crippen LogP contribution < -0.4 is 59.2 Å². The molecule has 14 aromatic carbocycles. The van der Waals surface area contributed by atoms with Crippen molar-refractivity contribution < 1.29 is 37.9 Å². The first-order valence-electron chi connectivity index (χ1n) is 36.8. The molecule has 0 amide bonds. The van der Waals surface area contributed by atoms with Gasteiger partial charge in [0.2, 0.25) is 0 Å². The number of benzene rings is 14. The number of rotatable bonds is 24. The van der Waals surface area contributed by atoms with Crippen molar-refractivity contribution >= 4 is 45.5 Å². The first-order chi connectivity index (χ1) is 55.2. The molecule has 4 N–H and O–H groups in total. The predicted molar refractivity (Wildman–Crippen MR) is 439 cm³/mol. The molecular weight excluding hydrogens is 1410 g/mol. The van der Waals surface area contributed by atoms with Crippen molar-refractivity contribution in [2.45, 2.75) is 56.8 Å². The quantitative estimate of drug-likeness (QED) is 0.0442. The van der Waals surface area contributed by atoms with Crippen LogP contribution in [0.15, 0.2) is 315 Å². The third kappa shape index (κ3) is 15.5. The summed E-state index contributed by atoms with van der Waals surface area (Å²) in [5.74, 6) is 4.54. The van der Waals surface area contributed by atoms with E-state index >= 15 is 0 Å². The highest BCUT2D eigenvalue weighted by Crippen LogP contribution is 2.66. The Morgan fingerprint density at radius 3 is 0.655 bits per heavy atom. The van der Waals surface area contributed by atoms with Gasteiger partial charge in [-0.15, -0.1) is 0 Å². The van der Waals surface area contributed by atoms with Crippen LogP contribution in [0, 0.1) is 45.3 Å². The molecule has 0 radical (unpaired) electrons. The molecule has 0 heterocycles. The average Bonchev–Trinajstić information content (AvgIpc) is 1.52. The highest BCUT2D eigenvalue weighted by Gasteiger charge is 2.57. The van der Waals surface area contributed by atoms with Crippen LogP contribution in [0.4, 0.5) is 45.5 Å². The van der Waals surface area contributed by atoms with E-state index in [1.165, 1.54) is 0 Å². The maximum Gasteiger partial charge on any atom is 0.170 e. The second-order valence-corrected chi connectivity index (χ2v) is 28.7. The van der Waals surface area contributed by atoms with Crippen molar-refractivity contribution in [1.29, 1.82) is 21.0 Å². The molecule has 2 aliphatic carbocycles. The normalized spacial score (nSPS) is 12.9. The highest BCUT2D eigenvalue weighted by molar-refractivity contribution is 5.72. The summed E-state index contributed by atoms with van der Waals surface area (Å²) in [6, 6.07) is 107. The van der Waals surface area contributed by atoms with E-state index in [2.05, 4.69) is 73.2 Å². The zero-order chi connectivity index (χ0) is 77.5. The molecule has 548 valence electrons. The maximum absolute atomic E-state index is 11.3. The molecule has 0 saturated heterocycles. The summed E-state index contributed by atoms with van der Waals surface area (Å²) >= 11 is 0. The number of para-hydroxylation sites is 4. The van der Waals surface area contributed by atoms with Crippen molar-refractivity contribution in [2.24, 2.45) is 0 Å². The van der Waals surface area contributed by atoms with Crippen LogP contribution in [-0.4, -0.2) is 0 Å². The average molecular weight is 1480 g/mol. The summed E-state index contributed by atoms with van der Waals surface area (Å²) in [7, 11) is 0. The number of ether oxygens (including phenoxy) is 8. The molecule has 16 rings (SSSR count). The van der Waals surface area contributed by atoms with Gasteiger partial charge in [-0.3, -0.25) is 0 Å². The topological polar surface area (TPSA) is 217 Å². The monoisotopic (exact) mass is 1480 g/mol. The van der Waals surface area contributed by atoms with Gasteiger partial charge in [-0.1, -0.05) is 149 Å². The molecule has 0 fully saturated rings. The summed E-state index contributed by atoms with van der Waals surface area (Å²) in [6.07, 6.45) is 1.13. The van der Waals surface area contributed by atoms with E-state index in [-0.39, 0.29) is 91.2 Å². The van der Waals surface area contributed by atoms with Gasteiger partial charge in [-0.2, -0.15) is 21.0 Å². The molecule has 1 spiro atoms. The van der Waals surface area contributed by atoms with E-state index in [4.69, 9.17) is 37.9 Å². The Morgan fingerprint density at radius 2 is 0.425 bits per heavy atom. The fourth-order valence-corrected chi connectivity index (χ4v) is 15.1. The van der Waals surface area contributed by atoms with E-state index in [9.17, 15) is 21.0 Å². The lowest BCUT2D eigenvalue weighted by Gasteiger charge is -2.31. The van der Waals surface area contributed by atoms with Crippen molar-refractivity contribution in [3.05, 3.63) is 360 Å². The van der Waals surface area contributed by atoms with Crippen LogP contribution in [0.5, 0.6) is 92.0 Å². The van der Waals surface area contributed by atoms with E-state index in [0.717, 1.165) is 67.8 Å². The summed E-state index contributed by atoms with van der Waals surface area (Å²) < 4.78 is 54.9. The van der Waals surface area contributed by atoms with Gasteiger partial charge < -0.3 is 59.2 Å². The van der Waals surface area contributed by atoms with Gasteiger partial charge in [0.15, 0.2) is 23.0 Å². The van der Waals surface area contributed by atoms with Crippen molar-refractivity contribution in [1.82, 2.24) is 0 Å². The number of anilines is 8. The molecule has 0 saturated carbocycles. The van der Waals surface area contributed by atoms with E-state index in [0.29, 0.717) is 35.8 Å². The van der Waals surface area contributed by atoms with Crippen LogP contribution in [0.3, 0.4) is 0 Å². The maximum atomic E-state index is 11.3. The lowest BCUT2D eigenvalue weighted by molar-refractivity contribution is 0.349. The van der Waals surface area contributed by atoms with Crippen molar-refractivity contribution in [3.8, 4) is 116 Å². The Labute approximate surface area is 655 Å². The number of fused-ring (bicyclic) bond motifs is 4. The summed E-state index contributed by atoms with van der Waals surface area (Å²) in [6.45, 7) is 8.80. The summed E-state index contributed by atoms with van der Waals surface area (Å²) in [5, 5.41) is 58.6. The highest BCUT2D eigenvalue weighted by atomic mass is 16.5. The van der Waals surface area contributed by atoms with Gasteiger partial charge in [0.1, 0.15) is 116 Å². The largest absolute Gasteiger partial charge is 0.456 e. The van der Waals surface area contributed by atoms with Gasteiger partial charge in [-0.05, 0) is 216 Å². The predicted octanol–water partition coefficient (Wildman–Crippen LogP) is 26.1. The van der Waals surface area contributed by atoms with E-state index in [1.54, 1.807) is 72.8 Å². The molecular formula is C97H72N8O8. The van der Waals surface area contributed by atoms with Crippen LogP contribution in [0.25, 0.3) is 0 Å². The lowest BCUT2D eigenvalue weighted by Crippen LogP contribution is -2.27. The SMILES string of the molecule is CC1(C)CC2(CC(C)(C)c3cc(Oc4cccc(Oc5cccc(Nc6ccccc6)c5)c4C#N)c(Oc4cccc(Oc5cccc(Nc6ccccc6)c5)c4C#N)cc32)c2cc(Oc3cccc(Oc4cccc(Nc5ccccc5)c4)c3C#N)c(Oc3cccc(Oc4cccc(Nc5ccccc5)c4)c3C#N)cc21. The molecule has 2 aliphatic rings. The van der Waals surface area contributed by atoms with Crippen molar-refractivity contribution in [3.63, 3.8) is 0 Å². The molecule has 113 heavy (non-hydrogen) atoms. The van der Waals surface area contributed by atoms with Gasteiger partial charge in [-0.25, -0.2) is 0 Å². The molecule has 0 aromatic heterocycles. The molecule has 0 bridgehead atoms. The molecule has 16 heteroatoms. The molecule has 0 aliphatic heterocycles. The Balaban J connectivity index is 0.815. The molecule has 0 atom stereocenters. The fourth-order valence-electron chi connectivity index (χ4n) is 15.1. The minimum atomic E-state index is -0.820. The number of hydrogen-bond donors (Lipinski definition) is 4. The molecule has 0 unspecified atom stereocenters. The first kappa shape index (κ1) is 71.9. The van der Waals surface area contributed by atoms with E-state index in [1.807, 2.05) is 243 Å². The minimum Gasteiger partial charge on any atom is -0.456 e. The molecule has 14 aromatic rings. The Morgan fingerprint density at radius 1 is 0.221 bits per heavy atom. The van der Waals surface area contributed by atoms with Gasteiger partial charge in [0.05, 0.1) is 0 Å². The van der Waals surface area contributed by atoms with Crippen molar-refractivity contribution in [2.75, 3.05) is 21.3 Å². The van der Waals surface area contributed by atoms with Crippen LogP contribution >= 0.6 is 0 Å². The van der Waals surface area contributed by atoms with E-state index < -0.39 is 16.2 Å². The second-order valence-electron chi connectivity index (χ2n) is 28.7. The number of nitrogens with zero attached hydrogens (tertiary/aromatic N) is 4. The Bertz CT molecular complexity index is 5740.